The van der Waals surface area contributed by atoms with Crippen LogP contribution in [0, 0.1) is 5.82 Å². The number of nitrogens with zero attached hydrogens (tertiary/aromatic N) is 2. The van der Waals surface area contributed by atoms with Crippen LogP contribution >= 0.6 is 11.6 Å². The van der Waals surface area contributed by atoms with E-state index in [1.165, 1.54) is 18.2 Å². The van der Waals surface area contributed by atoms with Gasteiger partial charge in [0.05, 0.1) is 5.69 Å². The van der Waals surface area contributed by atoms with Gasteiger partial charge in [0.25, 0.3) is 0 Å². The third-order valence-corrected chi connectivity index (χ3v) is 2.63. The average Bonchev–Trinajstić information content (AvgIpc) is 2.71. The van der Waals surface area contributed by atoms with Crippen molar-refractivity contribution in [2.45, 2.75) is 19.9 Å². The van der Waals surface area contributed by atoms with Gasteiger partial charge in [0, 0.05) is 23.5 Å². The van der Waals surface area contributed by atoms with Crippen LogP contribution < -0.4 is 5.32 Å². The van der Waals surface area contributed by atoms with E-state index in [1.807, 2.05) is 24.6 Å². The van der Waals surface area contributed by atoms with Crippen LogP contribution in [0.1, 0.15) is 19.9 Å². The molecule has 0 saturated carbocycles. The summed E-state index contributed by atoms with van der Waals surface area (Å²) in [5, 5.41) is 3.42. The Kier molecular flexibility index (Phi) is 3.33. The van der Waals surface area contributed by atoms with Crippen LogP contribution in [0.4, 0.5) is 16.0 Å². The Bertz CT molecular complexity index is 522. The van der Waals surface area contributed by atoms with Crippen LogP contribution in [0.25, 0.3) is 0 Å². The number of benzene rings is 1. The van der Waals surface area contributed by atoms with E-state index in [0.29, 0.717) is 16.7 Å². The largest absolute Gasteiger partial charge is 0.323 e. The van der Waals surface area contributed by atoms with E-state index in [4.69, 9.17) is 11.6 Å². The maximum atomic E-state index is 13.5. The molecule has 90 valence electrons. The maximum Gasteiger partial charge on any atom is 0.207 e. The number of aromatic nitrogens is 2. The molecule has 1 aromatic carbocycles. The fourth-order valence-corrected chi connectivity index (χ4v) is 1.71. The Balaban J connectivity index is 2.31. The Morgan fingerprint density at radius 1 is 1.41 bits per heavy atom. The van der Waals surface area contributed by atoms with Gasteiger partial charge in [0.1, 0.15) is 5.82 Å². The van der Waals surface area contributed by atoms with Crippen molar-refractivity contribution >= 4 is 23.2 Å². The quantitative estimate of drug-likeness (QED) is 0.896. The molecule has 0 amide bonds. The zero-order chi connectivity index (χ0) is 12.4. The molecule has 2 aromatic rings. The molecule has 1 N–H and O–H groups in total. The van der Waals surface area contributed by atoms with Gasteiger partial charge in [-0.1, -0.05) is 11.6 Å². The van der Waals surface area contributed by atoms with Gasteiger partial charge in [-0.2, -0.15) is 0 Å². The van der Waals surface area contributed by atoms with Crippen LogP contribution in [-0.4, -0.2) is 9.55 Å². The summed E-state index contributed by atoms with van der Waals surface area (Å²) in [6, 6.07) is 4.63. The van der Waals surface area contributed by atoms with E-state index < -0.39 is 0 Å². The number of nitrogens with one attached hydrogen (secondary N) is 1. The molecule has 3 nitrogen and oxygen atoms in total. The summed E-state index contributed by atoms with van der Waals surface area (Å²) in [7, 11) is 0. The number of imidazole rings is 1. The van der Waals surface area contributed by atoms with E-state index in [1.54, 1.807) is 6.20 Å². The van der Waals surface area contributed by atoms with Gasteiger partial charge in [0.2, 0.25) is 5.95 Å². The number of anilines is 2. The minimum Gasteiger partial charge on any atom is -0.323 e. The molecule has 0 atom stereocenters. The van der Waals surface area contributed by atoms with Crippen molar-refractivity contribution in [2.75, 3.05) is 5.32 Å². The van der Waals surface area contributed by atoms with E-state index in [-0.39, 0.29) is 11.9 Å². The molecule has 0 fully saturated rings. The van der Waals surface area contributed by atoms with Crippen LogP contribution in [0.5, 0.6) is 0 Å². The molecule has 0 unspecified atom stereocenters. The zero-order valence-corrected chi connectivity index (χ0v) is 10.4. The van der Waals surface area contributed by atoms with Gasteiger partial charge in [-0.15, -0.1) is 0 Å². The van der Waals surface area contributed by atoms with E-state index >= 15 is 0 Å². The van der Waals surface area contributed by atoms with Crippen molar-refractivity contribution in [3.05, 3.63) is 41.4 Å². The lowest BCUT2D eigenvalue weighted by Crippen LogP contribution is -2.06. The molecule has 1 heterocycles. The lowest BCUT2D eigenvalue weighted by atomic mass is 10.3. The van der Waals surface area contributed by atoms with Crippen molar-refractivity contribution in [3.63, 3.8) is 0 Å². The van der Waals surface area contributed by atoms with Gasteiger partial charge in [-0.25, -0.2) is 9.37 Å². The summed E-state index contributed by atoms with van der Waals surface area (Å²) in [6.07, 6.45) is 3.51. The maximum absolute atomic E-state index is 13.5. The lowest BCUT2D eigenvalue weighted by molar-refractivity contribution is 0.604. The average molecular weight is 254 g/mol. The van der Waals surface area contributed by atoms with Gasteiger partial charge in [-0.05, 0) is 32.0 Å². The Morgan fingerprint density at radius 3 is 2.88 bits per heavy atom. The summed E-state index contributed by atoms with van der Waals surface area (Å²) in [4.78, 5) is 4.15. The molecule has 17 heavy (non-hydrogen) atoms. The number of hydrogen-bond acceptors (Lipinski definition) is 2. The molecule has 0 radical (unpaired) electrons. The molecule has 0 aliphatic carbocycles. The van der Waals surface area contributed by atoms with Gasteiger partial charge in [0.15, 0.2) is 0 Å². The molecular formula is C12H13ClFN3. The third-order valence-electron chi connectivity index (χ3n) is 2.40. The molecule has 5 heteroatoms. The topological polar surface area (TPSA) is 29.9 Å². The summed E-state index contributed by atoms with van der Waals surface area (Å²) < 4.78 is 15.5. The molecule has 1 aromatic heterocycles. The predicted octanol–water partition coefficient (Wildman–Crippen LogP) is 4.00. The fraction of sp³-hybridized carbons (Fsp3) is 0.250. The van der Waals surface area contributed by atoms with Crippen molar-refractivity contribution in [3.8, 4) is 0 Å². The highest BCUT2D eigenvalue weighted by atomic mass is 35.5. The summed E-state index contributed by atoms with van der Waals surface area (Å²) in [5.41, 5.74) is 0.325. The van der Waals surface area contributed by atoms with E-state index in [0.717, 1.165) is 0 Å². The second-order valence-electron chi connectivity index (χ2n) is 4.00. The van der Waals surface area contributed by atoms with Crippen molar-refractivity contribution in [1.29, 1.82) is 0 Å². The van der Waals surface area contributed by atoms with Crippen LogP contribution in [0.2, 0.25) is 5.02 Å². The Hall–Kier alpha value is -1.55. The fourth-order valence-electron chi connectivity index (χ4n) is 1.54. The van der Waals surface area contributed by atoms with Crippen molar-refractivity contribution in [2.24, 2.45) is 0 Å². The monoisotopic (exact) mass is 253 g/mol. The van der Waals surface area contributed by atoms with Crippen LogP contribution in [0.3, 0.4) is 0 Å². The molecule has 0 aliphatic rings. The number of halogens is 2. The lowest BCUT2D eigenvalue weighted by Gasteiger charge is -2.13. The van der Waals surface area contributed by atoms with E-state index in [9.17, 15) is 4.39 Å². The van der Waals surface area contributed by atoms with E-state index in [2.05, 4.69) is 10.3 Å². The molecule has 0 saturated heterocycles. The summed E-state index contributed by atoms with van der Waals surface area (Å²) in [6.45, 7) is 4.06. The molecular weight excluding hydrogens is 241 g/mol. The first-order valence-corrected chi connectivity index (χ1v) is 5.70. The standard InChI is InChI=1S/C12H13ClFN3/c1-8(2)17-6-5-15-12(17)16-11-7-9(13)3-4-10(11)14/h3-8H,1-2H3,(H,15,16). The Morgan fingerprint density at radius 2 is 2.18 bits per heavy atom. The summed E-state index contributed by atoms with van der Waals surface area (Å²) >= 11 is 5.83. The predicted molar refractivity (Wildman–Crippen MR) is 67.3 cm³/mol. The zero-order valence-electron chi connectivity index (χ0n) is 9.61. The first kappa shape index (κ1) is 11.9. The SMILES string of the molecule is CC(C)n1ccnc1Nc1cc(Cl)ccc1F. The minimum atomic E-state index is -0.354. The van der Waals surface area contributed by atoms with Gasteiger partial charge >= 0.3 is 0 Å². The van der Waals surface area contributed by atoms with Gasteiger partial charge < -0.3 is 9.88 Å². The van der Waals surface area contributed by atoms with Crippen molar-refractivity contribution < 1.29 is 4.39 Å². The normalized spacial score (nSPS) is 10.9. The Labute approximate surface area is 104 Å². The number of hydrogen-bond donors (Lipinski definition) is 1. The highest BCUT2D eigenvalue weighted by Gasteiger charge is 2.09. The molecule has 0 bridgehead atoms. The summed E-state index contributed by atoms with van der Waals surface area (Å²) in [5.74, 6) is 0.244. The highest BCUT2D eigenvalue weighted by Crippen LogP contribution is 2.24. The molecule has 0 aliphatic heterocycles. The van der Waals surface area contributed by atoms with Crippen LogP contribution in [0.15, 0.2) is 30.6 Å². The second kappa shape index (κ2) is 4.75. The molecule has 2 rings (SSSR count). The third kappa shape index (κ3) is 2.58. The first-order valence-electron chi connectivity index (χ1n) is 5.33. The molecule has 0 spiro atoms. The first-order chi connectivity index (χ1) is 8.08. The minimum absolute atomic E-state index is 0.252. The highest BCUT2D eigenvalue weighted by molar-refractivity contribution is 6.30. The van der Waals surface area contributed by atoms with Crippen molar-refractivity contribution in [1.82, 2.24) is 9.55 Å². The number of rotatable bonds is 3. The second-order valence-corrected chi connectivity index (χ2v) is 4.44. The van der Waals surface area contributed by atoms with Gasteiger partial charge in [-0.3, -0.25) is 0 Å². The van der Waals surface area contributed by atoms with Crippen LogP contribution in [-0.2, 0) is 0 Å². The smallest absolute Gasteiger partial charge is 0.207 e.